The molecule has 0 saturated heterocycles. The molecule has 0 bridgehead atoms. The second-order valence-corrected chi connectivity index (χ2v) is 7.59. The Morgan fingerprint density at radius 1 is 1.43 bits per heavy atom. The second kappa shape index (κ2) is 8.03. The molecular formula is C14H23NO4S2. The number of nitrogens with zero attached hydrogens (tertiary/aromatic N) is 1. The molecule has 0 spiro atoms. The molecule has 0 aliphatic rings. The second-order valence-electron chi connectivity index (χ2n) is 4.69. The number of ether oxygens (including phenoxy) is 1. The molecule has 0 amide bonds. The van der Waals surface area contributed by atoms with Gasteiger partial charge in [-0.25, -0.2) is 8.42 Å². The quantitative estimate of drug-likeness (QED) is 0.787. The molecule has 5 nitrogen and oxygen atoms in total. The van der Waals surface area contributed by atoms with Gasteiger partial charge < -0.3 is 9.84 Å². The van der Waals surface area contributed by atoms with Crippen LogP contribution in [-0.4, -0.2) is 49.5 Å². The zero-order valence-electron chi connectivity index (χ0n) is 12.9. The summed E-state index contributed by atoms with van der Waals surface area (Å²) in [5.41, 5.74) is 0.476. The number of rotatable bonds is 8. The van der Waals surface area contributed by atoms with Crippen LogP contribution in [0.15, 0.2) is 23.1 Å². The summed E-state index contributed by atoms with van der Waals surface area (Å²) in [6, 6.07) is 4.48. The predicted molar refractivity (Wildman–Crippen MR) is 86.3 cm³/mol. The van der Waals surface area contributed by atoms with Gasteiger partial charge in [0, 0.05) is 24.4 Å². The third-order valence-corrected chi connectivity index (χ3v) is 5.99. The van der Waals surface area contributed by atoms with E-state index in [2.05, 4.69) is 0 Å². The normalized spacial score (nSPS) is 13.4. The molecule has 0 fully saturated rings. The minimum atomic E-state index is -3.57. The zero-order chi connectivity index (χ0) is 16.0. The Balaban J connectivity index is 3.14. The van der Waals surface area contributed by atoms with Gasteiger partial charge in [0.2, 0.25) is 10.0 Å². The maximum absolute atomic E-state index is 12.6. The van der Waals surface area contributed by atoms with E-state index < -0.39 is 10.0 Å². The Bertz CT molecular complexity index is 560. The van der Waals surface area contributed by atoms with Gasteiger partial charge in [-0.05, 0) is 38.3 Å². The SMILES string of the molecule is CCOc1ccc(S(=O)(=O)N(C)C(C)CSC)cc1CO. The highest BCUT2D eigenvalue weighted by Crippen LogP contribution is 2.25. The monoisotopic (exact) mass is 333 g/mol. The molecule has 1 rings (SSSR count). The van der Waals surface area contributed by atoms with Crippen molar-refractivity contribution >= 4 is 21.8 Å². The van der Waals surface area contributed by atoms with Gasteiger partial charge in [-0.3, -0.25) is 0 Å². The molecule has 0 aromatic heterocycles. The van der Waals surface area contributed by atoms with Gasteiger partial charge in [-0.2, -0.15) is 16.1 Å². The third-order valence-electron chi connectivity index (χ3n) is 3.21. The third kappa shape index (κ3) is 4.35. The fourth-order valence-electron chi connectivity index (χ4n) is 1.89. The lowest BCUT2D eigenvalue weighted by Crippen LogP contribution is -2.36. The van der Waals surface area contributed by atoms with E-state index in [-0.39, 0.29) is 17.5 Å². The van der Waals surface area contributed by atoms with E-state index in [9.17, 15) is 13.5 Å². The van der Waals surface area contributed by atoms with Gasteiger partial charge in [0.25, 0.3) is 0 Å². The summed E-state index contributed by atoms with van der Waals surface area (Å²) < 4.78 is 31.9. The standard InChI is InChI=1S/C14H23NO4S2/c1-5-19-14-7-6-13(8-12(14)9-16)21(17,18)15(3)11(2)10-20-4/h6-8,11,16H,5,9-10H2,1-4H3. The number of aliphatic hydroxyl groups is 1. The van der Waals surface area contributed by atoms with Crippen molar-refractivity contribution in [3.63, 3.8) is 0 Å². The lowest BCUT2D eigenvalue weighted by molar-refractivity contribution is 0.266. The summed E-state index contributed by atoms with van der Waals surface area (Å²) in [6.45, 7) is 3.91. The largest absolute Gasteiger partial charge is 0.494 e. The first kappa shape index (κ1) is 18.3. The van der Waals surface area contributed by atoms with E-state index in [0.29, 0.717) is 17.9 Å². The van der Waals surface area contributed by atoms with Crippen LogP contribution in [0, 0.1) is 0 Å². The van der Waals surface area contributed by atoms with Crippen LogP contribution in [-0.2, 0) is 16.6 Å². The highest BCUT2D eigenvalue weighted by atomic mass is 32.2. The molecule has 1 unspecified atom stereocenters. The molecule has 120 valence electrons. The Morgan fingerprint density at radius 3 is 2.62 bits per heavy atom. The fraction of sp³-hybridized carbons (Fsp3) is 0.571. The molecule has 21 heavy (non-hydrogen) atoms. The molecule has 0 radical (unpaired) electrons. The van der Waals surface area contributed by atoms with Gasteiger partial charge in [0.15, 0.2) is 0 Å². The Morgan fingerprint density at radius 2 is 2.10 bits per heavy atom. The topological polar surface area (TPSA) is 66.8 Å². The summed E-state index contributed by atoms with van der Waals surface area (Å²) in [5, 5.41) is 9.38. The van der Waals surface area contributed by atoms with Crippen LogP contribution in [0.3, 0.4) is 0 Å². The average molecular weight is 333 g/mol. The molecule has 7 heteroatoms. The van der Waals surface area contributed by atoms with E-state index in [1.54, 1.807) is 24.9 Å². The first-order valence-corrected chi connectivity index (χ1v) is 9.55. The van der Waals surface area contributed by atoms with Crippen molar-refractivity contribution in [1.82, 2.24) is 4.31 Å². The van der Waals surface area contributed by atoms with E-state index in [1.807, 2.05) is 20.1 Å². The lowest BCUT2D eigenvalue weighted by Gasteiger charge is -2.24. The van der Waals surface area contributed by atoms with Crippen LogP contribution in [0.5, 0.6) is 5.75 Å². The van der Waals surface area contributed by atoms with Crippen molar-refractivity contribution in [2.24, 2.45) is 0 Å². The average Bonchev–Trinajstić information content (AvgIpc) is 2.47. The molecule has 0 aliphatic carbocycles. The lowest BCUT2D eigenvalue weighted by atomic mass is 10.2. The van der Waals surface area contributed by atoms with Crippen molar-refractivity contribution in [2.45, 2.75) is 31.4 Å². The highest BCUT2D eigenvalue weighted by molar-refractivity contribution is 7.98. The number of benzene rings is 1. The first-order chi connectivity index (χ1) is 9.88. The van der Waals surface area contributed by atoms with E-state index >= 15 is 0 Å². The molecule has 1 aromatic rings. The minimum Gasteiger partial charge on any atom is -0.494 e. The van der Waals surface area contributed by atoms with Crippen LogP contribution in [0.2, 0.25) is 0 Å². The number of hydrogen-bond donors (Lipinski definition) is 1. The molecule has 1 atom stereocenters. The van der Waals surface area contributed by atoms with E-state index in [1.165, 1.54) is 16.4 Å². The fourth-order valence-corrected chi connectivity index (χ4v) is 4.10. The highest BCUT2D eigenvalue weighted by Gasteiger charge is 2.25. The maximum Gasteiger partial charge on any atom is 0.243 e. The Kier molecular flexibility index (Phi) is 6.99. The van der Waals surface area contributed by atoms with Crippen molar-refractivity contribution in [1.29, 1.82) is 0 Å². The van der Waals surface area contributed by atoms with Crippen LogP contribution < -0.4 is 4.74 Å². The Labute approximate surface area is 131 Å². The van der Waals surface area contributed by atoms with Gasteiger partial charge >= 0.3 is 0 Å². The van der Waals surface area contributed by atoms with Crippen molar-refractivity contribution in [3.8, 4) is 5.75 Å². The van der Waals surface area contributed by atoms with Crippen molar-refractivity contribution in [3.05, 3.63) is 23.8 Å². The van der Waals surface area contributed by atoms with Gasteiger partial charge in [-0.15, -0.1) is 0 Å². The number of hydrogen-bond acceptors (Lipinski definition) is 5. The summed E-state index contributed by atoms with van der Waals surface area (Å²) in [5.74, 6) is 1.23. The Hall–Kier alpha value is -0.760. The van der Waals surface area contributed by atoms with Crippen molar-refractivity contribution < 1.29 is 18.3 Å². The molecule has 1 aromatic carbocycles. The molecule has 0 heterocycles. The number of thioether (sulfide) groups is 1. The summed E-state index contributed by atoms with van der Waals surface area (Å²) in [6.07, 6.45) is 1.94. The van der Waals surface area contributed by atoms with Crippen LogP contribution in [0.1, 0.15) is 19.4 Å². The first-order valence-electron chi connectivity index (χ1n) is 6.72. The molecular weight excluding hydrogens is 310 g/mol. The number of sulfonamides is 1. The van der Waals surface area contributed by atoms with Crippen LogP contribution >= 0.6 is 11.8 Å². The number of aliphatic hydroxyl groups excluding tert-OH is 1. The van der Waals surface area contributed by atoms with Gasteiger partial charge in [0.1, 0.15) is 5.75 Å². The van der Waals surface area contributed by atoms with Crippen molar-refractivity contribution in [2.75, 3.05) is 25.7 Å². The molecule has 0 aliphatic heterocycles. The van der Waals surface area contributed by atoms with E-state index in [4.69, 9.17) is 4.74 Å². The predicted octanol–water partition coefficient (Wildman–Crippen LogP) is 1.95. The van der Waals surface area contributed by atoms with Gasteiger partial charge in [0.05, 0.1) is 18.1 Å². The maximum atomic E-state index is 12.6. The minimum absolute atomic E-state index is 0.103. The van der Waals surface area contributed by atoms with Crippen LogP contribution in [0.4, 0.5) is 0 Å². The molecule has 0 saturated carbocycles. The smallest absolute Gasteiger partial charge is 0.243 e. The summed E-state index contributed by atoms with van der Waals surface area (Å²) in [7, 11) is -2.00. The van der Waals surface area contributed by atoms with E-state index in [0.717, 1.165) is 5.75 Å². The van der Waals surface area contributed by atoms with Crippen LogP contribution in [0.25, 0.3) is 0 Å². The molecule has 1 N–H and O–H groups in total. The zero-order valence-corrected chi connectivity index (χ0v) is 14.5. The van der Waals surface area contributed by atoms with Gasteiger partial charge in [-0.1, -0.05) is 0 Å². The summed E-state index contributed by atoms with van der Waals surface area (Å²) in [4.78, 5) is 0.172. The summed E-state index contributed by atoms with van der Waals surface area (Å²) >= 11 is 1.60.